The minimum atomic E-state index is -3.17. The molecule has 0 radical (unpaired) electrons. The molecule has 0 amide bonds. The fourth-order valence-corrected chi connectivity index (χ4v) is 3.94. The second-order valence-corrected chi connectivity index (χ2v) is 8.98. The van der Waals surface area contributed by atoms with E-state index in [1.165, 1.54) is 11.8 Å². The molecule has 1 N–H and O–H groups in total. The molecule has 0 saturated carbocycles. The lowest BCUT2D eigenvalue weighted by Gasteiger charge is -2.21. The monoisotopic (exact) mass is 389 g/mol. The van der Waals surface area contributed by atoms with Crippen molar-refractivity contribution in [1.29, 1.82) is 0 Å². The fourth-order valence-electron chi connectivity index (χ4n) is 3.31. The quantitative estimate of drug-likeness (QED) is 0.623. The van der Waals surface area contributed by atoms with Gasteiger partial charge in [-0.2, -0.15) is 5.10 Å². The lowest BCUT2D eigenvalue weighted by Crippen LogP contribution is -2.40. The van der Waals surface area contributed by atoms with Crippen molar-refractivity contribution < 1.29 is 8.42 Å². The van der Waals surface area contributed by atoms with Gasteiger partial charge in [0, 0.05) is 45.1 Å². The van der Waals surface area contributed by atoms with Crippen LogP contribution in [0.15, 0.2) is 46.5 Å². The van der Waals surface area contributed by atoms with Gasteiger partial charge < -0.3 is 10.2 Å². The summed E-state index contributed by atoms with van der Waals surface area (Å²) in [6.07, 6.45) is 6.33. The van der Waals surface area contributed by atoms with E-state index in [9.17, 15) is 8.42 Å². The molecule has 1 aliphatic rings. The van der Waals surface area contributed by atoms with E-state index >= 15 is 0 Å². The highest BCUT2D eigenvalue weighted by atomic mass is 32.2. The highest BCUT2D eigenvalue weighted by molar-refractivity contribution is 7.90. The van der Waals surface area contributed by atoms with Gasteiger partial charge in [0.1, 0.15) is 0 Å². The second-order valence-electron chi connectivity index (χ2n) is 6.97. The number of aliphatic imine (C=N–C) groups is 1. The molecule has 1 unspecified atom stereocenters. The third kappa shape index (κ3) is 4.88. The van der Waals surface area contributed by atoms with Gasteiger partial charge in [0.25, 0.3) is 0 Å². The Morgan fingerprint density at radius 3 is 2.67 bits per heavy atom. The first-order chi connectivity index (χ1) is 12.9. The maximum absolute atomic E-state index is 11.6. The molecule has 2 heterocycles. The van der Waals surface area contributed by atoms with Crippen LogP contribution in [0.25, 0.3) is 0 Å². The zero-order valence-electron chi connectivity index (χ0n) is 16.1. The van der Waals surface area contributed by atoms with E-state index in [-0.39, 0.29) is 0 Å². The molecule has 1 saturated heterocycles. The van der Waals surface area contributed by atoms with Gasteiger partial charge in [-0.15, -0.1) is 0 Å². The number of likely N-dealkylation sites (tertiary alicyclic amines) is 1. The molecule has 1 aliphatic heterocycles. The number of nitrogens with zero attached hydrogens (tertiary/aromatic N) is 4. The predicted molar refractivity (Wildman–Crippen MR) is 107 cm³/mol. The Hall–Kier alpha value is -2.35. The van der Waals surface area contributed by atoms with E-state index in [1.807, 2.05) is 30.1 Å². The van der Waals surface area contributed by atoms with E-state index in [2.05, 4.69) is 28.4 Å². The van der Waals surface area contributed by atoms with E-state index in [4.69, 9.17) is 4.99 Å². The van der Waals surface area contributed by atoms with Gasteiger partial charge in [0.2, 0.25) is 0 Å². The number of sulfone groups is 1. The Morgan fingerprint density at radius 2 is 2.07 bits per heavy atom. The van der Waals surface area contributed by atoms with Crippen molar-refractivity contribution in [3.63, 3.8) is 0 Å². The number of nitrogens with one attached hydrogen (secondary N) is 1. The predicted octanol–water partition coefficient (Wildman–Crippen LogP) is 1.78. The lowest BCUT2D eigenvalue weighted by atomic mass is 10.0. The van der Waals surface area contributed by atoms with E-state index in [0.29, 0.717) is 17.4 Å². The normalized spacial score (nSPS) is 18.1. The average Bonchev–Trinajstić information content (AvgIpc) is 3.27. The molecule has 0 spiro atoms. The maximum atomic E-state index is 11.6. The first-order valence-electron chi connectivity index (χ1n) is 9.17. The zero-order chi connectivity index (χ0) is 19.4. The third-order valence-electron chi connectivity index (χ3n) is 4.78. The summed E-state index contributed by atoms with van der Waals surface area (Å²) in [7, 11) is -1.23. The number of hydrogen-bond acceptors (Lipinski definition) is 4. The molecule has 2 aromatic rings. The van der Waals surface area contributed by atoms with Crippen LogP contribution in [-0.2, 0) is 23.4 Å². The molecule has 27 heavy (non-hydrogen) atoms. The molecule has 1 aromatic heterocycles. The smallest absolute Gasteiger partial charge is 0.194 e. The van der Waals surface area contributed by atoms with Gasteiger partial charge in [-0.05, 0) is 36.6 Å². The van der Waals surface area contributed by atoms with Crippen LogP contribution in [0.5, 0.6) is 0 Å². The SMILES string of the molecule is CCNC(=NCc1ccc(S(C)(=O)=O)cc1)N1CCC(c2cnn(C)c2)C1. The molecule has 1 atom stereocenters. The first kappa shape index (κ1) is 19.4. The second kappa shape index (κ2) is 8.12. The standard InChI is InChI=1S/C19H27N5O2S/c1-4-20-19(21-11-15-5-7-18(8-6-15)27(3,25)26)24-10-9-16(14-24)17-12-22-23(2)13-17/h5-8,12-13,16H,4,9-11,14H2,1-3H3,(H,20,21). The van der Waals surface area contributed by atoms with Crippen LogP contribution < -0.4 is 5.32 Å². The van der Waals surface area contributed by atoms with Crippen molar-refractivity contribution in [3.8, 4) is 0 Å². The Labute approximate surface area is 161 Å². The molecule has 0 aliphatic carbocycles. The zero-order valence-corrected chi connectivity index (χ0v) is 16.9. The van der Waals surface area contributed by atoms with Crippen LogP contribution in [-0.4, -0.2) is 54.9 Å². The van der Waals surface area contributed by atoms with Crippen molar-refractivity contribution in [3.05, 3.63) is 47.8 Å². The van der Waals surface area contributed by atoms with E-state index in [1.54, 1.807) is 12.1 Å². The van der Waals surface area contributed by atoms with Crippen molar-refractivity contribution in [2.75, 3.05) is 25.9 Å². The molecule has 146 valence electrons. The Morgan fingerprint density at radius 1 is 1.33 bits per heavy atom. The lowest BCUT2D eigenvalue weighted by molar-refractivity contribution is 0.486. The van der Waals surface area contributed by atoms with E-state index in [0.717, 1.165) is 37.6 Å². The Kier molecular flexibility index (Phi) is 5.84. The Balaban J connectivity index is 1.68. The highest BCUT2D eigenvalue weighted by Crippen LogP contribution is 2.26. The van der Waals surface area contributed by atoms with Crippen molar-refractivity contribution in [2.24, 2.45) is 12.0 Å². The van der Waals surface area contributed by atoms with Crippen molar-refractivity contribution in [1.82, 2.24) is 20.0 Å². The minimum absolute atomic E-state index is 0.334. The average molecular weight is 390 g/mol. The molecule has 7 nitrogen and oxygen atoms in total. The van der Waals surface area contributed by atoms with Crippen LogP contribution in [0.3, 0.4) is 0 Å². The van der Waals surface area contributed by atoms with Crippen LogP contribution in [0.2, 0.25) is 0 Å². The summed E-state index contributed by atoms with van der Waals surface area (Å²) >= 11 is 0. The maximum Gasteiger partial charge on any atom is 0.194 e. The van der Waals surface area contributed by atoms with Crippen molar-refractivity contribution in [2.45, 2.75) is 30.7 Å². The molecule has 8 heteroatoms. The minimum Gasteiger partial charge on any atom is -0.357 e. The van der Waals surface area contributed by atoms with Gasteiger partial charge in [0.05, 0.1) is 17.6 Å². The van der Waals surface area contributed by atoms with Crippen molar-refractivity contribution >= 4 is 15.8 Å². The molecule has 1 aromatic carbocycles. The topological polar surface area (TPSA) is 79.6 Å². The van der Waals surface area contributed by atoms with Gasteiger partial charge in [0.15, 0.2) is 15.8 Å². The molecule has 0 bridgehead atoms. The summed E-state index contributed by atoms with van der Waals surface area (Å²) in [5.41, 5.74) is 2.26. The van der Waals surface area contributed by atoms with Crippen LogP contribution in [0.1, 0.15) is 30.4 Å². The summed E-state index contributed by atoms with van der Waals surface area (Å²) in [5.74, 6) is 1.37. The van der Waals surface area contributed by atoms with Gasteiger partial charge >= 0.3 is 0 Å². The largest absolute Gasteiger partial charge is 0.357 e. The number of aromatic nitrogens is 2. The van der Waals surface area contributed by atoms with Crippen LogP contribution >= 0.6 is 0 Å². The van der Waals surface area contributed by atoms with Crippen LogP contribution in [0.4, 0.5) is 0 Å². The van der Waals surface area contributed by atoms with Gasteiger partial charge in [-0.1, -0.05) is 12.1 Å². The van der Waals surface area contributed by atoms with Gasteiger partial charge in [-0.25, -0.2) is 13.4 Å². The van der Waals surface area contributed by atoms with Crippen LogP contribution in [0, 0.1) is 0 Å². The summed E-state index contributed by atoms with van der Waals surface area (Å²) < 4.78 is 25.0. The van der Waals surface area contributed by atoms with E-state index < -0.39 is 9.84 Å². The summed E-state index contributed by atoms with van der Waals surface area (Å²) in [6, 6.07) is 6.93. The number of benzene rings is 1. The number of rotatable bonds is 5. The summed E-state index contributed by atoms with van der Waals surface area (Å²) in [5, 5.41) is 7.64. The summed E-state index contributed by atoms with van der Waals surface area (Å²) in [6.45, 7) is 5.26. The molecule has 1 fully saturated rings. The fraction of sp³-hybridized carbons (Fsp3) is 0.474. The first-order valence-corrected chi connectivity index (χ1v) is 11.1. The highest BCUT2D eigenvalue weighted by Gasteiger charge is 2.26. The van der Waals surface area contributed by atoms with Gasteiger partial charge in [-0.3, -0.25) is 4.68 Å². The third-order valence-corrected chi connectivity index (χ3v) is 5.91. The summed E-state index contributed by atoms with van der Waals surface area (Å²) in [4.78, 5) is 7.37. The molecule has 3 rings (SSSR count). The number of aryl methyl sites for hydroxylation is 1. The Bertz CT molecular complexity index is 902. The number of hydrogen-bond donors (Lipinski definition) is 1. The molecular formula is C19H27N5O2S. The molecular weight excluding hydrogens is 362 g/mol. The number of guanidine groups is 1.